The number of rotatable bonds is 8. The van der Waals surface area contributed by atoms with Crippen molar-refractivity contribution in [1.82, 2.24) is 10.2 Å². The van der Waals surface area contributed by atoms with Crippen LogP contribution in [0, 0.1) is 11.3 Å². The number of ether oxygens (including phenoxy) is 1. The summed E-state index contributed by atoms with van der Waals surface area (Å²) >= 11 is 0. The first-order chi connectivity index (χ1) is 23.4. The van der Waals surface area contributed by atoms with Crippen LogP contribution in [0.2, 0.25) is 0 Å². The van der Waals surface area contributed by atoms with Gasteiger partial charge >= 0.3 is 0 Å². The van der Waals surface area contributed by atoms with E-state index in [1.807, 2.05) is 0 Å². The molecule has 3 heterocycles. The molecular formula is C45H59BN2O2. The average Bonchev–Trinajstić information content (AvgIpc) is 3.63. The van der Waals surface area contributed by atoms with E-state index < -0.39 is 0 Å². The molecule has 4 nitrogen and oxygen atoms in total. The lowest BCUT2D eigenvalue weighted by Gasteiger charge is -2.41. The van der Waals surface area contributed by atoms with Gasteiger partial charge in [-0.2, -0.15) is 0 Å². The fourth-order valence-electron chi connectivity index (χ4n) is 7.78. The van der Waals surface area contributed by atoms with Crippen molar-refractivity contribution in [3.63, 3.8) is 0 Å². The third-order valence-electron chi connectivity index (χ3n) is 11.5. The Morgan fingerprint density at radius 2 is 1.68 bits per heavy atom. The molecule has 2 aromatic carbocycles. The molecule has 0 amide bonds. The fourth-order valence-corrected chi connectivity index (χ4v) is 7.78. The van der Waals surface area contributed by atoms with E-state index in [0.29, 0.717) is 12.5 Å². The second-order valence-corrected chi connectivity index (χ2v) is 18.4. The van der Waals surface area contributed by atoms with Crippen molar-refractivity contribution in [2.75, 3.05) is 6.54 Å². The molecule has 0 saturated heterocycles. The number of hydrogen-bond donors (Lipinski definition) is 1. The molecule has 0 radical (unpaired) electrons. The highest BCUT2D eigenvalue weighted by Crippen LogP contribution is 2.47. The summed E-state index contributed by atoms with van der Waals surface area (Å²) < 4.78 is 13.2. The van der Waals surface area contributed by atoms with Crippen molar-refractivity contribution in [1.29, 1.82) is 0 Å². The van der Waals surface area contributed by atoms with Gasteiger partial charge in [-0.15, -0.1) is 6.58 Å². The number of fused-ring (bicyclic) bond motifs is 3. The molecule has 1 N–H and O–H groups in total. The Bertz CT molecular complexity index is 1850. The Morgan fingerprint density at radius 1 is 0.980 bits per heavy atom. The molecule has 0 bridgehead atoms. The first-order valence-corrected chi connectivity index (χ1v) is 18.6. The Labute approximate surface area is 302 Å². The smallest absolute Gasteiger partial charge is 0.281 e. The molecule has 50 heavy (non-hydrogen) atoms. The molecule has 6 rings (SSSR count). The highest BCUT2D eigenvalue weighted by atomic mass is 16.5. The molecular weight excluding hydrogens is 611 g/mol. The van der Waals surface area contributed by atoms with E-state index in [9.17, 15) is 0 Å². The van der Waals surface area contributed by atoms with E-state index in [0.717, 1.165) is 41.3 Å². The predicted octanol–water partition coefficient (Wildman–Crippen LogP) is 10.8. The lowest BCUT2D eigenvalue weighted by atomic mass is 9.41. The van der Waals surface area contributed by atoms with E-state index in [1.165, 1.54) is 46.0 Å². The van der Waals surface area contributed by atoms with Gasteiger partial charge in [-0.1, -0.05) is 105 Å². The zero-order chi connectivity index (χ0) is 36.2. The Morgan fingerprint density at radius 3 is 2.34 bits per heavy atom. The van der Waals surface area contributed by atoms with Crippen LogP contribution in [-0.4, -0.2) is 18.2 Å². The molecule has 5 heteroatoms. The van der Waals surface area contributed by atoms with Gasteiger partial charge in [-0.05, 0) is 101 Å². The van der Waals surface area contributed by atoms with Gasteiger partial charge in [0, 0.05) is 42.0 Å². The summed E-state index contributed by atoms with van der Waals surface area (Å²) in [5.41, 5.74) is 10.4. The summed E-state index contributed by atoms with van der Waals surface area (Å²) in [6.07, 6.45) is 15.0. The van der Waals surface area contributed by atoms with Gasteiger partial charge in [0.1, 0.15) is 17.1 Å². The molecule has 0 spiro atoms. The van der Waals surface area contributed by atoms with E-state index in [1.54, 1.807) is 0 Å². The topological polar surface area (TPSA) is 37.6 Å². The van der Waals surface area contributed by atoms with E-state index in [2.05, 4.69) is 166 Å². The average molecular weight is 671 g/mol. The molecule has 1 unspecified atom stereocenters. The monoisotopic (exact) mass is 670 g/mol. The number of hydrogen-bond acceptors (Lipinski definition) is 4. The Balaban J connectivity index is 1.31. The van der Waals surface area contributed by atoms with Crippen LogP contribution >= 0.6 is 0 Å². The first-order valence-electron chi connectivity index (χ1n) is 18.6. The summed E-state index contributed by atoms with van der Waals surface area (Å²) in [5, 5.41) is 4.81. The van der Waals surface area contributed by atoms with E-state index in [-0.39, 0.29) is 28.4 Å². The van der Waals surface area contributed by atoms with E-state index >= 15 is 0 Å². The van der Waals surface area contributed by atoms with Gasteiger partial charge in [0.2, 0.25) is 0 Å². The highest BCUT2D eigenvalue weighted by molar-refractivity contribution is 6.83. The molecule has 1 aromatic heterocycles. The lowest BCUT2D eigenvalue weighted by Crippen LogP contribution is -2.38. The number of nitrogens with one attached hydrogen (secondary N) is 1. The molecule has 3 aromatic rings. The zero-order valence-electron chi connectivity index (χ0n) is 32.6. The summed E-state index contributed by atoms with van der Waals surface area (Å²) in [7, 11) is 0. The Hall–Kier alpha value is -3.86. The van der Waals surface area contributed by atoms with Crippen LogP contribution in [0.1, 0.15) is 118 Å². The van der Waals surface area contributed by atoms with E-state index in [4.69, 9.17) is 9.15 Å². The second-order valence-electron chi connectivity index (χ2n) is 18.4. The minimum atomic E-state index is 0.0162. The van der Waals surface area contributed by atoms with Crippen LogP contribution in [0.4, 0.5) is 0 Å². The second kappa shape index (κ2) is 13.0. The zero-order valence-corrected chi connectivity index (χ0v) is 32.6. The first kappa shape index (κ1) is 36.0. The van der Waals surface area contributed by atoms with Gasteiger partial charge in [-0.3, -0.25) is 0 Å². The van der Waals surface area contributed by atoms with Gasteiger partial charge in [0.05, 0.1) is 5.66 Å². The molecule has 2 aliphatic heterocycles. The summed E-state index contributed by atoms with van der Waals surface area (Å²) in [6.45, 7) is 30.1. The minimum absolute atomic E-state index is 0.0162. The largest absolute Gasteiger partial charge is 0.470 e. The number of allylic oxidation sites excluding steroid dienone is 4. The van der Waals surface area contributed by atoms with Crippen molar-refractivity contribution in [2.24, 2.45) is 11.3 Å². The maximum atomic E-state index is 6.77. The summed E-state index contributed by atoms with van der Waals surface area (Å²) in [6, 6.07) is 13.6. The Kier molecular flexibility index (Phi) is 9.38. The number of furan rings is 1. The summed E-state index contributed by atoms with van der Waals surface area (Å²) in [5.74, 6) is 4.68. The number of benzene rings is 2. The molecule has 1 atom stereocenters. The summed E-state index contributed by atoms with van der Waals surface area (Å²) in [4.78, 5) is 2.23. The van der Waals surface area contributed by atoms with Crippen molar-refractivity contribution in [2.45, 2.75) is 118 Å². The van der Waals surface area contributed by atoms with Crippen molar-refractivity contribution < 1.29 is 9.15 Å². The maximum absolute atomic E-state index is 6.77. The molecule has 1 aliphatic carbocycles. The SMILES string of the molecule is C=CC(C/C=C/NCC1=CN(/C=C2/Cc3cc(C(C)(C)C)ccc3O2)C(C)=CB1c1cc2cc3c(cc2o1)C(C)(C)CCC3(C)C)C(C)(C)C. The molecule has 3 aliphatic rings. The van der Waals surface area contributed by atoms with Crippen LogP contribution in [0.3, 0.4) is 0 Å². The highest BCUT2D eigenvalue weighted by Gasteiger charge is 2.38. The number of nitrogens with zero attached hydrogens (tertiary/aromatic N) is 1. The third-order valence-corrected chi connectivity index (χ3v) is 11.5. The normalized spacial score (nSPS) is 20.0. The standard InChI is InChI=1S/C45H59BN2O2/c1-13-33(42(3,4)5)15-14-20-47-27-35-28-48(29-36-22-31-21-34(43(6,7)8)16-17-39(31)49-36)30(2)26-46(35)41-24-32-23-37-38(25-40(32)50-41)45(11,12)19-18-44(37,9)10/h13-14,16-17,20-21,23-26,28-29,33,47H,1,15,18-19,22,27H2,2-12H3/b20-14+,36-29-. The molecule has 0 saturated carbocycles. The fraction of sp³-hybridized carbons (Fsp3) is 0.467. The quantitative estimate of drug-likeness (QED) is 0.191. The molecule has 264 valence electrons. The minimum Gasteiger partial charge on any atom is -0.470 e. The van der Waals surface area contributed by atoms with Gasteiger partial charge in [0.25, 0.3) is 6.71 Å². The van der Waals surface area contributed by atoms with Gasteiger partial charge < -0.3 is 19.4 Å². The van der Waals surface area contributed by atoms with Crippen LogP contribution in [-0.2, 0) is 22.7 Å². The van der Waals surface area contributed by atoms with Crippen LogP contribution < -0.4 is 15.7 Å². The lowest BCUT2D eigenvalue weighted by molar-refractivity contribution is 0.295. The van der Waals surface area contributed by atoms with Gasteiger partial charge in [0.15, 0.2) is 0 Å². The van der Waals surface area contributed by atoms with Gasteiger partial charge in [-0.25, -0.2) is 0 Å². The van der Waals surface area contributed by atoms with Crippen LogP contribution in [0.5, 0.6) is 5.75 Å². The third kappa shape index (κ3) is 7.29. The van der Waals surface area contributed by atoms with Crippen molar-refractivity contribution >= 4 is 23.3 Å². The van der Waals surface area contributed by atoms with Crippen molar-refractivity contribution in [3.05, 3.63) is 119 Å². The van der Waals surface area contributed by atoms with Crippen LogP contribution in [0.15, 0.2) is 101 Å². The predicted molar refractivity (Wildman–Crippen MR) is 213 cm³/mol. The molecule has 0 fully saturated rings. The maximum Gasteiger partial charge on any atom is 0.281 e. The van der Waals surface area contributed by atoms with Crippen LogP contribution in [0.25, 0.3) is 11.0 Å². The van der Waals surface area contributed by atoms with Crippen molar-refractivity contribution in [3.8, 4) is 5.75 Å².